The third-order valence-electron chi connectivity index (χ3n) is 5.92. The summed E-state index contributed by atoms with van der Waals surface area (Å²) >= 11 is 6.00. The van der Waals surface area contributed by atoms with Crippen molar-refractivity contribution in [1.82, 2.24) is 14.5 Å². The molecular weight excluding hydrogens is 482 g/mol. The van der Waals surface area contributed by atoms with E-state index in [9.17, 15) is 14.7 Å². The number of nitrogens with zero attached hydrogens (tertiary/aromatic N) is 3. The van der Waals surface area contributed by atoms with Gasteiger partial charge in [-0.2, -0.15) is 0 Å². The van der Waals surface area contributed by atoms with E-state index in [0.717, 1.165) is 0 Å². The first-order valence-corrected chi connectivity index (χ1v) is 12.2. The number of aliphatic hydroxyl groups excluding tert-OH is 1. The number of aromatic nitrogens is 2. The van der Waals surface area contributed by atoms with Gasteiger partial charge in [0.25, 0.3) is 11.7 Å². The Labute approximate surface area is 214 Å². The molecule has 0 unspecified atom stereocenters. The lowest BCUT2D eigenvalue weighted by Gasteiger charge is -2.26. The minimum atomic E-state index is -0.793. The van der Waals surface area contributed by atoms with E-state index < -0.39 is 17.7 Å². The lowest BCUT2D eigenvalue weighted by Crippen LogP contribution is -2.31. The van der Waals surface area contributed by atoms with Gasteiger partial charge in [0.2, 0.25) is 0 Å². The molecule has 1 N–H and O–H groups in total. The average Bonchev–Trinajstić information content (AvgIpc) is 3.48. The standard InChI is InChI=1S/C27H28ClN3O5/c1-3-35-21-11-8-19(16-22(21)36-4-2)24-23(25(32)18-6-9-20(28)10-7-18)26(33)27(34)31(24)14-5-13-30-15-12-29-17-30/h6-12,15-17,24,32H,3-5,13-14H2,1-2H3/t24-/m1/s1. The van der Waals surface area contributed by atoms with Crippen LogP contribution in [0.2, 0.25) is 5.02 Å². The number of imidazole rings is 1. The number of rotatable bonds is 10. The first-order chi connectivity index (χ1) is 17.4. The predicted molar refractivity (Wildman–Crippen MR) is 136 cm³/mol. The van der Waals surface area contributed by atoms with E-state index in [1.165, 1.54) is 4.90 Å². The molecule has 36 heavy (non-hydrogen) atoms. The molecule has 1 aliphatic heterocycles. The van der Waals surface area contributed by atoms with Gasteiger partial charge in [0.05, 0.1) is 31.2 Å². The van der Waals surface area contributed by atoms with Crippen LogP contribution in [0.3, 0.4) is 0 Å². The fourth-order valence-electron chi connectivity index (χ4n) is 4.30. The molecule has 1 fully saturated rings. The molecule has 2 aromatic carbocycles. The van der Waals surface area contributed by atoms with Gasteiger partial charge in [-0.05, 0) is 62.2 Å². The van der Waals surface area contributed by atoms with Gasteiger partial charge in [0, 0.05) is 36.1 Å². The van der Waals surface area contributed by atoms with E-state index in [-0.39, 0.29) is 11.3 Å². The van der Waals surface area contributed by atoms with Crippen LogP contribution in [-0.2, 0) is 16.1 Å². The molecular formula is C27H28ClN3O5. The summed E-state index contributed by atoms with van der Waals surface area (Å²) in [4.78, 5) is 32.0. The number of likely N-dealkylation sites (tertiary alicyclic amines) is 1. The summed E-state index contributed by atoms with van der Waals surface area (Å²) in [7, 11) is 0. The summed E-state index contributed by atoms with van der Waals surface area (Å²) in [6.07, 6.45) is 5.82. The smallest absolute Gasteiger partial charge is 0.295 e. The van der Waals surface area contributed by atoms with Crippen LogP contribution in [0.25, 0.3) is 5.76 Å². The fourth-order valence-corrected chi connectivity index (χ4v) is 4.43. The van der Waals surface area contributed by atoms with E-state index in [0.29, 0.717) is 60.4 Å². The lowest BCUT2D eigenvalue weighted by atomic mass is 9.95. The first-order valence-electron chi connectivity index (χ1n) is 11.8. The van der Waals surface area contributed by atoms with Gasteiger partial charge >= 0.3 is 0 Å². The van der Waals surface area contributed by atoms with Gasteiger partial charge in [0.1, 0.15) is 5.76 Å². The molecule has 4 rings (SSSR count). The van der Waals surface area contributed by atoms with Crippen LogP contribution >= 0.6 is 11.6 Å². The molecule has 1 amide bonds. The minimum absolute atomic E-state index is 0.0246. The SMILES string of the molecule is CCOc1ccc([C@@H]2C(=C(O)c3ccc(Cl)cc3)C(=O)C(=O)N2CCCn2ccnc2)cc1OCC. The number of aryl methyl sites for hydroxylation is 1. The van der Waals surface area contributed by atoms with E-state index >= 15 is 0 Å². The number of halogens is 1. The molecule has 0 bridgehead atoms. The van der Waals surface area contributed by atoms with Crippen LogP contribution in [0.1, 0.15) is 37.4 Å². The molecule has 1 aliphatic rings. The van der Waals surface area contributed by atoms with Crippen molar-refractivity contribution in [3.63, 3.8) is 0 Å². The summed E-state index contributed by atoms with van der Waals surface area (Å²) in [6.45, 7) is 5.56. The molecule has 1 atom stereocenters. The van der Waals surface area contributed by atoms with Gasteiger partial charge in [-0.15, -0.1) is 0 Å². The van der Waals surface area contributed by atoms with Crippen molar-refractivity contribution in [3.8, 4) is 11.5 Å². The lowest BCUT2D eigenvalue weighted by molar-refractivity contribution is -0.139. The van der Waals surface area contributed by atoms with E-state index in [2.05, 4.69) is 4.98 Å². The number of ether oxygens (including phenoxy) is 2. The Morgan fingerprint density at radius 3 is 2.42 bits per heavy atom. The summed E-state index contributed by atoms with van der Waals surface area (Å²) in [5.74, 6) is -0.570. The van der Waals surface area contributed by atoms with Crippen molar-refractivity contribution < 1.29 is 24.2 Å². The zero-order valence-corrected chi connectivity index (χ0v) is 20.9. The molecule has 9 heteroatoms. The van der Waals surface area contributed by atoms with Gasteiger partial charge in [-0.3, -0.25) is 9.59 Å². The fraction of sp³-hybridized carbons (Fsp3) is 0.296. The van der Waals surface area contributed by atoms with Crippen LogP contribution in [-0.4, -0.2) is 51.0 Å². The molecule has 3 aromatic rings. The second-order valence-corrected chi connectivity index (χ2v) is 8.66. The van der Waals surface area contributed by atoms with Gasteiger partial charge in [-0.1, -0.05) is 17.7 Å². The maximum absolute atomic E-state index is 13.2. The topological polar surface area (TPSA) is 93.9 Å². The first kappa shape index (κ1) is 25.3. The molecule has 1 aromatic heterocycles. The third-order valence-corrected chi connectivity index (χ3v) is 6.17. The number of aliphatic hydroxyl groups is 1. The third kappa shape index (κ3) is 5.23. The Bertz CT molecular complexity index is 1250. The summed E-state index contributed by atoms with van der Waals surface area (Å²) in [6, 6.07) is 11.0. The molecule has 1 saturated heterocycles. The van der Waals surface area contributed by atoms with Crippen molar-refractivity contribution >= 4 is 29.1 Å². The normalized spacial score (nSPS) is 17.0. The molecule has 188 valence electrons. The molecule has 0 aliphatic carbocycles. The zero-order valence-electron chi connectivity index (χ0n) is 20.2. The number of amides is 1. The van der Waals surface area contributed by atoms with E-state index in [1.54, 1.807) is 55.0 Å². The highest BCUT2D eigenvalue weighted by Crippen LogP contribution is 2.42. The predicted octanol–water partition coefficient (Wildman–Crippen LogP) is 4.85. The monoisotopic (exact) mass is 509 g/mol. The number of carbonyl (C=O) groups excluding carboxylic acids is 2. The summed E-state index contributed by atoms with van der Waals surface area (Å²) in [5.41, 5.74) is 1.06. The largest absolute Gasteiger partial charge is 0.507 e. The van der Waals surface area contributed by atoms with Crippen molar-refractivity contribution in [1.29, 1.82) is 0 Å². The number of ketones is 1. The minimum Gasteiger partial charge on any atom is -0.507 e. The van der Waals surface area contributed by atoms with Crippen LogP contribution in [0.4, 0.5) is 0 Å². The quantitative estimate of drug-likeness (QED) is 0.238. The Hall–Kier alpha value is -3.78. The molecule has 0 spiro atoms. The maximum Gasteiger partial charge on any atom is 0.295 e. The summed E-state index contributed by atoms with van der Waals surface area (Å²) in [5, 5.41) is 11.7. The highest BCUT2D eigenvalue weighted by atomic mass is 35.5. The Kier molecular flexibility index (Phi) is 7.95. The summed E-state index contributed by atoms with van der Waals surface area (Å²) < 4.78 is 13.4. The van der Waals surface area contributed by atoms with E-state index in [4.69, 9.17) is 21.1 Å². The number of carbonyl (C=O) groups is 2. The van der Waals surface area contributed by atoms with Crippen molar-refractivity contribution in [3.05, 3.63) is 82.9 Å². The van der Waals surface area contributed by atoms with Crippen LogP contribution in [0.5, 0.6) is 11.5 Å². The Morgan fingerprint density at radius 2 is 1.75 bits per heavy atom. The maximum atomic E-state index is 13.2. The molecule has 0 saturated carbocycles. The average molecular weight is 510 g/mol. The van der Waals surface area contributed by atoms with Crippen molar-refractivity contribution in [2.45, 2.75) is 32.9 Å². The number of benzene rings is 2. The molecule has 8 nitrogen and oxygen atoms in total. The molecule has 0 radical (unpaired) electrons. The van der Waals surface area contributed by atoms with Crippen LogP contribution < -0.4 is 9.47 Å². The van der Waals surface area contributed by atoms with Crippen LogP contribution in [0, 0.1) is 0 Å². The van der Waals surface area contributed by atoms with Gasteiger partial charge in [-0.25, -0.2) is 4.98 Å². The highest BCUT2D eigenvalue weighted by molar-refractivity contribution is 6.46. The second kappa shape index (κ2) is 11.3. The Balaban J connectivity index is 1.77. The number of hydrogen-bond donors (Lipinski definition) is 1. The molecule has 2 heterocycles. The Morgan fingerprint density at radius 1 is 1.03 bits per heavy atom. The second-order valence-electron chi connectivity index (χ2n) is 8.23. The number of hydrogen-bond acceptors (Lipinski definition) is 6. The number of Topliss-reactive ketones (excluding diaryl/α,β-unsaturated/α-hetero) is 1. The van der Waals surface area contributed by atoms with Crippen molar-refractivity contribution in [2.24, 2.45) is 0 Å². The van der Waals surface area contributed by atoms with E-state index in [1.807, 2.05) is 24.6 Å². The highest BCUT2D eigenvalue weighted by Gasteiger charge is 2.46. The van der Waals surface area contributed by atoms with Crippen molar-refractivity contribution in [2.75, 3.05) is 19.8 Å². The zero-order chi connectivity index (χ0) is 25.7. The van der Waals surface area contributed by atoms with Gasteiger partial charge in [0.15, 0.2) is 11.5 Å². The van der Waals surface area contributed by atoms with Crippen LogP contribution in [0.15, 0.2) is 66.8 Å². The van der Waals surface area contributed by atoms with Gasteiger partial charge < -0.3 is 24.0 Å².